The number of anilines is 1. The Kier molecular flexibility index (Phi) is 5.78. The van der Waals surface area contributed by atoms with Gasteiger partial charge < -0.3 is 10.1 Å². The summed E-state index contributed by atoms with van der Waals surface area (Å²) in [5, 5.41) is 12.6. The van der Waals surface area contributed by atoms with Crippen LogP contribution in [0.5, 0.6) is 0 Å². The zero-order valence-corrected chi connectivity index (χ0v) is 13.9. The van der Waals surface area contributed by atoms with Crippen molar-refractivity contribution >= 4 is 23.3 Å². The summed E-state index contributed by atoms with van der Waals surface area (Å²) in [5.41, 5.74) is -1.74. The Morgan fingerprint density at radius 2 is 1.78 bits per heavy atom. The van der Waals surface area contributed by atoms with E-state index in [4.69, 9.17) is 4.74 Å². The molecule has 0 unspecified atom stereocenters. The molecule has 0 saturated carbocycles. The molecule has 0 aliphatic carbocycles. The molecule has 0 saturated heterocycles. The van der Waals surface area contributed by atoms with E-state index in [2.05, 4.69) is 0 Å². The van der Waals surface area contributed by atoms with E-state index in [1.165, 1.54) is 12.1 Å². The van der Waals surface area contributed by atoms with E-state index >= 15 is 0 Å². The van der Waals surface area contributed by atoms with Crippen molar-refractivity contribution in [2.24, 2.45) is 0 Å². The number of amides is 1. The predicted molar refractivity (Wildman–Crippen MR) is 88.2 cm³/mol. The first-order valence-corrected chi connectivity index (χ1v) is 7.47. The summed E-state index contributed by atoms with van der Waals surface area (Å²) in [6.07, 6.45) is -4.92. The van der Waals surface area contributed by atoms with Crippen LogP contribution in [0.1, 0.15) is 21.5 Å². The van der Waals surface area contributed by atoms with Crippen molar-refractivity contribution in [1.82, 2.24) is 0 Å². The number of non-ortho nitro benzene ring substituents is 1. The number of esters is 1. The van der Waals surface area contributed by atoms with E-state index < -0.39 is 46.5 Å². The third-order valence-electron chi connectivity index (χ3n) is 3.42. The normalized spacial score (nSPS) is 11.0. The third kappa shape index (κ3) is 5.27. The molecule has 0 aliphatic rings. The average molecular weight is 382 g/mol. The molecule has 2 rings (SSSR count). The molecule has 1 amide bonds. The highest BCUT2D eigenvalue weighted by molar-refractivity contribution is 5.96. The molecule has 1 N–H and O–H groups in total. The number of aryl methyl sites for hydroxylation is 1. The summed E-state index contributed by atoms with van der Waals surface area (Å²) >= 11 is 0. The van der Waals surface area contributed by atoms with Gasteiger partial charge in [0.25, 0.3) is 11.6 Å². The van der Waals surface area contributed by atoms with Gasteiger partial charge in [-0.25, -0.2) is 4.79 Å². The second-order valence-electron chi connectivity index (χ2n) is 5.48. The molecule has 0 aliphatic heterocycles. The van der Waals surface area contributed by atoms with Gasteiger partial charge in [-0.05, 0) is 25.1 Å². The number of nitrogens with one attached hydrogen (secondary N) is 1. The third-order valence-corrected chi connectivity index (χ3v) is 3.42. The fourth-order valence-electron chi connectivity index (χ4n) is 2.08. The first-order chi connectivity index (χ1) is 12.6. The minimum absolute atomic E-state index is 0.180. The molecule has 0 heterocycles. The number of benzene rings is 2. The zero-order chi connectivity index (χ0) is 20.2. The van der Waals surface area contributed by atoms with Gasteiger partial charge >= 0.3 is 12.1 Å². The maximum absolute atomic E-state index is 13.1. The second-order valence-corrected chi connectivity index (χ2v) is 5.48. The van der Waals surface area contributed by atoms with Crippen molar-refractivity contribution in [3.05, 3.63) is 69.3 Å². The topological polar surface area (TPSA) is 98.5 Å². The number of hydrogen-bond acceptors (Lipinski definition) is 5. The smallest absolute Gasteiger partial charge is 0.418 e. The van der Waals surface area contributed by atoms with Crippen molar-refractivity contribution in [1.29, 1.82) is 0 Å². The number of hydrogen-bond donors (Lipinski definition) is 1. The van der Waals surface area contributed by atoms with Crippen molar-refractivity contribution in [3.63, 3.8) is 0 Å². The molecule has 0 aromatic heterocycles. The molecule has 0 radical (unpaired) electrons. The molecule has 2 aromatic rings. The number of nitro benzene ring substituents is 1. The van der Waals surface area contributed by atoms with Crippen LogP contribution in [0.3, 0.4) is 0 Å². The summed E-state index contributed by atoms with van der Waals surface area (Å²) < 4.78 is 43.9. The van der Waals surface area contributed by atoms with Crippen molar-refractivity contribution in [2.75, 3.05) is 11.9 Å². The van der Waals surface area contributed by atoms with Crippen molar-refractivity contribution < 1.29 is 32.4 Å². The van der Waals surface area contributed by atoms with Gasteiger partial charge in [-0.15, -0.1) is 0 Å². The quantitative estimate of drug-likeness (QED) is 0.483. The van der Waals surface area contributed by atoms with Crippen molar-refractivity contribution in [2.45, 2.75) is 13.1 Å². The monoisotopic (exact) mass is 382 g/mol. The van der Waals surface area contributed by atoms with Gasteiger partial charge in [0.05, 0.1) is 21.7 Å². The molecule has 0 spiro atoms. The number of alkyl halides is 3. The maximum atomic E-state index is 13.1. The Hall–Kier alpha value is -3.43. The molecule has 27 heavy (non-hydrogen) atoms. The lowest BCUT2D eigenvalue weighted by atomic mass is 10.1. The Morgan fingerprint density at radius 3 is 2.33 bits per heavy atom. The number of nitro groups is 1. The van der Waals surface area contributed by atoms with Crippen LogP contribution in [0.15, 0.2) is 42.5 Å². The van der Waals surface area contributed by atoms with E-state index in [9.17, 15) is 32.9 Å². The first-order valence-electron chi connectivity index (χ1n) is 7.47. The van der Waals surface area contributed by atoms with Gasteiger partial charge in [0.1, 0.15) is 0 Å². The van der Waals surface area contributed by atoms with Crippen LogP contribution in [0, 0.1) is 17.0 Å². The lowest BCUT2D eigenvalue weighted by molar-refractivity contribution is -0.385. The Bertz CT molecular complexity index is 879. The lowest BCUT2D eigenvalue weighted by Crippen LogP contribution is -2.22. The molecule has 7 nitrogen and oxygen atoms in total. The number of nitrogens with zero attached hydrogens (tertiary/aromatic N) is 1. The second kappa shape index (κ2) is 7.85. The molecule has 2 aromatic carbocycles. The van der Waals surface area contributed by atoms with Gasteiger partial charge in [-0.3, -0.25) is 14.9 Å². The van der Waals surface area contributed by atoms with Crippen LogP contribution in [-0.2, 0) is 15.7 Å². The summed E-state index contributed by atoms with van der Waals surface area (Å²) in [6.45, 7) is 0.992. The van der Waals surface area contributed by atoms with E-state index in [0.29, 0.717) is 6.07 Å². The summed E-state index contributed by atoms with van der Waals surface area (Å²) in [4.78, 5) is 33.3. The highest BCUT2D eigenvalue weighted by Gasteiger charge is 2.35. The minimum Gasteiger partial charge on any atom is -0.452 e. The standard InChI is InChI=1S/C17H13F3N2O5/c1-10-2-4-11(5-3-10)16(24)27-9-15(23)21-14-7-6-12(22(25)26)8-13(14)17(18,19)20/h2-8H,9H2,1H3,(H,21,23). The van der Waals surface area contributed by atoms with Gasteiger partial charge in [-0.2, -0.15) is 13.2 Å². The fourth-order valence-corrected chi connectivity index (χ4v) is 2.08. The molecule has 0 atom stereocenters. The first kappa shape index (κ1) is 19.9. The summed E-state index contributed by atoms with van der Waals surface area (Å²) in [5.74, 6) is -1.83. The minimum atomic E-state index is -4.92. The molecule has 0 bridgehead atoms. The Balaban J connectivity index is 2.08. The van der Waals surface area contributed by atoms with Gasteiger partial charge in [-0.1, -0.05) is 17.7 Å². The highest BCUT2D eigenvalue weighted by Crippen LogP contribution is 2.37. The number of rotatable bonds is 5. The Labute approximate surface area is 150 Å². The van der Waals surface area contributed by atoms with E-state index in [1.807, 2.05) is 12.2 Å². The van der Waals surface area contributed by atoms with E-state index in [1.54, 1.807) is 12.1 Å². The highest BCUT2D eigenvalue weighted by atomic mass is 19.4. The molecular formula is C17H13F3N2O5. The molecule has 142 valence electrons. The van der Waals surface area contributed by atoms with Gasteiger partial charge in [0, 0.05) is 12.1 Å². The fraction of sp³-hybridized carbons (Fsp3) is 0.176. The molecule has 0 fully saturated rings. The predicted octanol–water partition coefficient (Wildman–Crippen LogP) is 3.72. The Morgan fingerprint density at radius 1 is 1.15 bits per heavy atom. The van der Waals surface area contributed by atoms with Crippen LogP contribution in [0.2, 0.25) is 0 Å². The SMILES string of the molecule is Cc1ccc(C(=O)OCC(=O)Nc2ccc([N+](=O)[O-])cc2C(F)(F)F)cc1. The lowest BCUT2D eigenvalue weighted by Gasteiger charge is -2.13. The molecular weight excluding hydrogens is 369 g/mol. The van der Waals surface area contributed by atoms with E-state index in [0.717, 1.165) is 17.7 Å². The van der Waals surface area contributed by atoms with Crippen LogP contribution in [0.25, 0.3) is 0 Å². The molecule has 10 heteroatoms. The summed E-state index contributed by atoms with van der Waals surface area (Å²) in [7, 11) is 0. The number of ether oxygens (including phenoxy) is 1. The average Bonchev–Trinajstić information content (AvgIpc) is 2.59. The van der Waals surface area contributed by atoms with Gasteiger partial charge in [0.15, 0.2) is 6.61 Å². The van der Waals surface area contributed by atoms with Gasteiger partial charge in [0.2, 0.25) is 0 Å². The largest absolute Gasteiger partial charge is 0.452 e. The van der Waals surface area contributed by atoms with Crippen LogP contribution < -0.4 is 5.32 Å². The number of halogens is 3. The summed E-state index contributed by atoms with van der Waals surface area (Å²) in [6, 6.07) is 8.17. The number of carbonyl (C=O) groups is 2. The van der Waals surface area contributed by atoms with Crippen molar-refractivity contribution in [3.8, 4) is 0 Å². The van der Waals surface area contributed by atoms with E-state index in [-0.39, 0.29) is 5.56 Å². The van der Waals surface area contributed by atoms with Crippen LogP contribution in [-0.4, -0.2) is 23.4 Å². The van der Waals surface area contributed by atoms with Crippen LogP contribution in [0.4, 0.5) is 24.5 Å². The van der Waals surface area contributed by atoms with Crippen LogP contribution >= 0.6 is 0 Å². The number of carbonyl (C=O) groups excluding carboxylic acids is 2. The zero-order valence-electron chi connectivity index (χ0n) is 13.9. The maximum Gasteiger partial charge on any atom is 0.418 e.